The van der Waals surface area contributed by atoms with Crippen LogP contribution in [0.25, 0.3) is 33.2 Å². The number of carbonyl (C=O) groups excluding carboxylic acids is 3. The van der Waals surface area contributed by atoms with E-state index in [1.165, 1.54) is 6.07 Å². The molecule has 0 radical (unpaired) electrons. The Balaban J connectivity index is 1.19. The fourth-order valence-corrected chi connectivity index (χ4v) is 6.89. The van der Waals surface area contributed by atoms with E-state index in [0.29, 0.717) is 76.9 Å². The predicted octanol–water partition coefficient (Wildman–Crippen LogP) is 7.54. The minimum Gasteiger partial charge on any atom is -0.444 e. The molecular weight excluding hydrogens is 715 g/mol. The van der Waals surface area contributed by atoms with E-state index < -0.39 is 41.1 Å². The third-order valence-electron chi connectivity index (χ3n) is 9.76. The number of benzene rings is 3. The molecule has 2 aromatic heterocycles. The number of fused-ring (bicyclic) bond motifs is 2. The molecule has 6 rings (SSSR count). The fourth-order valence-electron chi connectivity index (χ4n) is 6.89. The SMILES string of the molecule is CC(C)c1nc2cc(-c3ccc(C[C@H](NC(=O)C4CCC(CNC(=O)OC(C)(C)C)CC4)C(=O)Nc4ccc5[nH]c(=O)[nH]c5c4)cc3)c(C(F)(F)F)cc2[nH]1. The van der Waals surface area contributed by atoms with Gasteiger partial charge in [-0.2, -0.15) is 13.2 Å². The van der Waals surface area contributed by atoms with Crippen molar-refractivity contribution in [2.75, 3.05) is 11.9 Å². The summed E-state index contributed by atoms with van der Waals surface area (Å²) >= 11 is 0. The summed E-state index contributed by atoms with van der Waals surface area (Å²) in [6.07, 6.45) is -2.54. The molecule has 292 valence electrons. The standard InChI is InChI=1S/C40H46F3N7O5/c1-21(2)34-46-31-18-27(28(40(41,42)43)19-32(31)47-34)24-10-6-22(7-11-24)16-33(36(52)45-26-14-15-29-30(17-26)50-37(53)49-29)48-35(51)25-12-8-23(9-13-25)20-44-38(54)55-39(3,4)5/h6-7,10-11,14-15,17-19,21,23,25,33H,8-9,12-13,16,20H2,1-5H3,(H,44,54)(H,45,52)(H,46,47)(H,48,51)(H2,49,50,53)/t23?,25?,33-/m0/s1. The van der Waals surface area contributed by atoms with Crippen LogP contribution in [0.1, 0.15) is 83.2 Å². The van der Waals surface area contributed by atoms with Crippen molar-refractivity contribution < 1.29 is 32.3 Å². The van der Waals surface area contributed by atoms with E-state index in [-0.39, 0.29) is 35.6 Å². The van der Waals surface area contributed by atoms with Gasteiger partial charge in [-0.1, -0.05) is 38.1 Å². The molecule has 0 spiro atoms. The van der Waals surface area contributed by atoms with Crippen LogP contribution < -0.4 is 21.6 Å². The van der Waals surface area contributed by atoms with Gasteiger partial charge in [0.15, 0.2) is 0 Å². The van der Waals surface area contributed by atoms with Crippen LogP contribution in [-0.2, 0) is 26.9 Å². The van der Waals surface area contributed by atoms with Gasteiger partial charge in [0.25, 0.3) is 0 Å². The largest absolute Gasteiger partial charge is 0.444 e. The highest BCUT2D eigenvalue weighted by atomic mass is 19.4. The molecule has 6 N–H and O–H groups in total. The Kier molecular flexibility index (Phi) is 11.1. The van der Waals surface area contributed by atoms with Gasteiger partial charge in [0.05, 0.1) is 27.6 Å². The van der Waals surface area contributed by atoms with Crippen molar-refractivity contribution in [1.82, 2.24) is 30.6 Å². The van der Waals surface area contributed by atoms with E-state index >= 15 is 0 Å². The van der Waals surface area contributed by atoms with Gasteiger partial charge in [0.2, 0.25) is 11.8 Å². The molecule has 1 atom stereocenters. The van der Waals surface area contributed by atoms with Crippen molar-refractivity contribution >= 4 is 45.7 Å². The predicted molar refractivity (Wildman–Crippen MR) is 203 cm³/mol. The lowest BCUT2D eigenvalue weighted by atomic mass is 9.81. The Labute approximate surface area is 315 Å². The Hall–Kier alpha value is -5.60. The average molecular weight is 762 g/mol. The summed E-state index contributed by atoms with van der Waals surface area (Å²) in [7, 11) is 0. The van der Waals surface area contributed by atoms with Crippen LogP contribution in [0.5, 0.6) is 0 Å². The number of hydrogen-bond acceptors (Lipinski definition) is 6. The summed E-state index contributed by atoms with van der Waals surface area (Å²) in [5.74, 6) is -0.387. The van der Waals surface area contributed by atoms with E-state index in [1.54, 1.807) is 63.2 Å². The van der Waals surface area contributed by atoms with E-state index in [0.717, 1.165) is 6.07 Å². The van der Waals surface area contributed by atoms with Crippen LogP contribution in [0.3, 0.4) is 0 Å². The van der Waals surface area contributed by atoms with Gasteiger partial charge in [-0.05, 0) is 99.4 Å². The van der Waals surface area contributed by atoms with Crippen molar-refractivity contribution in [2.45, 2.75) is 90.5 Å². The number of halogens is 3. The zero-order valence-corrected chi connectivity index (χ0v) is 31.4. The van der Waals surface area contributed by atoms with E-state index in [1.807, 2.05) is 13.8 Å². The highest BCUT2D eigenvalue weighted by Gasteiger charge is 2.35. The first-order chi connectivity index (χ1) is 25.9. The number of aromatic nitrogens is 4. The quantitative estimate of drug-likeness (QED) is 0.0858. The van der Waals surface area contributed by atoms with Crippen molar-refractivity contribution in [3.8, 4) is 11.1 Å². The van der Waals surface area contributed by atoms with Gasteiger partial charge in [-0.3, -0.25) is 9.59 Å². The molecule has 0 aliphatic heterocycles. The second kappa shape index (κ2) is 15.6. The minimum absolute atomic E-state index is 0.00109. The zero-order valence-electron chi connectivity index (χ0n) is 31.4. The molecular formula is C40H46F3N7O5. The molecule has 3 amide bonds. The molecule has 15 heteroatoms. The second-order valence-electron chi connectivity index (χ2n) is 15.6. The molecule has 12 nitrogen and oxygen atoms in total. The number of rotatable bonds is 10. The summed E-state index contributed by atoms with van der Waals surface area (Å²) < 4.78 is 48.2. The Bertz CT molecular complexity index is 2240. The zero-order chi connectivity index (χ0) is 39.7. The number of alkyl carbamates (subject to hydrolysis) is 1. The van der Waals surface area contributed by atoms with E-state index in [9.17, 15) is 32.3 Å². The molecule has 5 aromatic rings. The van der Waals surface area contributed by atoms with Crippen molar-refractivity contribution in [3.05, 3.63) is 82.0 Å². The molecule has 1 aliphatic carbocycles. The smallest absolute Gasteiger partial charge is 0.417 e. The number of amides is 3. The number of carbonyl (C=O) groups is 3. The fraction of sp³-hybridized carbons (Fsp3) is 0.425. The lowest BCUT2D eigenvalue weighted by Crippen LogP contribution is -2.48. The number of alkyl halides is 3. The highest BCUT2D eigenvalue weighted by Crippen LogP contribution is 2.39. The monoisotopic (exact) mass is 761 g/mol. The first-order valence-corrected chi connectivity index (χ1v) is 18.4. The number of ether oxygens (including phenoxy) is 1. The second-order valence-corrected chi connectivity index (χ2v) is 15.6. The maximum Gasteiger partial charge on any atom is 0.417 e. The van der Waals surface area contributed by atoms with Crippen molar-refractivity contribution in [3.63, 3.8) is 0 Å². The van der Waals surface area contributed by atoms with Crippen LogP contribution in [0, 0.1) is 11.8 Å². The molecule has 0 unspecified atom stereocenters. The van der Waals surface area contributed by atoms with Crippen LogP contribution in [-0.4, -0.2) is 56.0 Å². The van der Waals surface area contributed by atoms with E-state index in [4.69, 9.17) is 4.74 Å². The molecule has 55 heavy (non-hydrogen) atoms. The number of imidazole rings is 2. The van der Waals surface area contributed by atoms with Gasteiger partial charge in [0, 0.05) is 30.5 Å². The molecule has 0 saturated heterocycles. The summed E-state index contributed by atoms with van der Waals surface area (Å²) in [5, 5.41) is 8.57. The van der Waals surface area contributed by atoms with Gasteiger partial charge >= 0.3 is 18.0 Å². The topological polar surface area (TPSA) is 174 Å². The molecule has 2 heterocycles. The summed E-state index contributed by atoms with van der Waals surface area (Å²) in [6.45, 7) is 9.61. The normalized spacial score (nSPS) is 17.0. The number of nitrogens with one attached hydrogen (secondary N) is 6. The highest BCUT2D eigenvalue weighted by molar-refractivity contribution is 5.99. The number of nitrogens with zero attached hydrogens (tertiary/aromatic N) is 1. The number of aromatic amines is 3. The summed E-state index contributed by atoms with van der Waals surface area (Å²) in [5.41, 5.74) is 1.28. The molecule has 1 saturated carbocycles. The van der Waals surface area contributed by atoms with Crippen LogP contribution >= 0.6 is 0 Å². The van der Waals surface area contributed by atoms with Crippen LogP contribution in [0.2, 0.25) is 0 Å². The molecule has 0 bridgehead atoms. The first kappa shape index (κ1) is 39.1. The molecule has 3 aromatic carbocycles. The first-order valence-electron chi connectivity index (χ1n) is 18.4. The minimum atomic E-state index is -4.62. The number of H-pyrrole nitrogens is 3. The van der Waals surface area contributed by atoms with Crippen LogP contribution in [0.15, 0.2) is 59.4 Å². The summed E-state index contributed by atoms with van der Waals surface area (Å²) in [4.78, 5) is 64.1. The van der Waals surface area contributed by atoms with Crippen LogP contribution in [0.4, 0.5) is 23.7 Å². The van der Waals surface area contributed by atoms with E-state index in [2.05, 4.69) is 35.9 Å². The maximum atomic E-state index is 14.3. The van der Waals surface area contributed by atoms with Gasteiger partial charge in [0.1, 0.15) is 17.5 Å². The molecule has 1 fully saturated rings. The Morgan fingerprint density at radius 1 is 0.891 bits per heavy atom. The number of hydrogen-bond donors (Lipinski definition) is 6. The van der Waals surface area contributed by atoms with Crippen molar-refractivity contribution in [1.29, 1.82) is 0 Å². The number of anilines is 1. The van der Waals surface area contributed by atoms with Gasteiger partial charge < -0.3 is 35.6 Å². The Morgan fingerprint density at radius 3 is 2.24 bits per heavy atom. The lowest BCUT2D eigenvalue weighted by molar-refractivity contribution is -0.137. The lowest BCUT2D eigenvalue weighted by Gasteiger charge is -2.29. The van der Waals surface area contributed by atoms with Crippen molar-refractivity contribution in [2.24, 2.45) is 11.8 Å². The molecule has 1 aliphatic rings. The third-order valence-corrected chi connectivity index (χ3v) is 9.76. The average Bonchev–Trinajstić information content (AvgIpc) is 3.71. The summed E-state index contributed by atoms with van der Waals surface area (Å²) in [6, 6.07) is 12.8. The third kappa shape index (κ3) is 9.75. The maximum absolute atomic E-state index is 14.3. The van der Waals surface area contributed by atoms with Gasteiger partial charge in [-0.15, -0.1) is 0 Å². The Morgan fingerprint density at radius 2 is 1.58 bits per heavy atom. The van der Waals surface area contributed by atoms with Gasteiger partial charge in [-0.25, -0.2) is 14.6 Å².